The Hall–Kier alpha value is -7.14. The molecule has 0 bridgehead atoms. The highest BCUT2D eigenvalue weighted by atomic mass is 32.1. The topological polar surface area (TPSA) is 38.9 Å². The number of benzene rings is 8. The van der Waals surface area contributed by atoms with Crippen molar-refractivity contribution in [3.63, 3.8) is 0 Å². The molecule has 8 aromatic carbocycles. The quantitative estimate of drug-likeness (QED) is 0.171. The first-order valence-electron chi connectivity index (χ1n) is 18.8. The Labute approximate surface area is 327 Å². The predicted molar refractivity (Wildman–Crippen MR) is 235 cm³/mol. The van der Waals surface area contributed by atoms with Crippen molar-refractivity contribution in [1.82, 2.24) is 9.97 Å². The van der Waals surface area contributed by atoms with Crippen molar-refractivity contribution < 1.29 is 4.42 Å². The lowest BCUT2D eigenvalue weighted by atomic mass is 9.92. The zero-order valence-corrected chi connectivity index (χ0v) is 31.0. The van der Waals surface area contributed by atoms with Crippen molar-refractivity contribution >= 4 is 53.4 Å². The Morgan fingerprint density at radius 1 is 0.357 bits per heavy atom. The summed E-state index contributed by atoms with van der Waals surface area (Å²) in [6.07, 6.45) is 0. The Morgan fingerprint density at radius 2 is 0.911 bits per heavy atom. The standard InChI is InChI=1S/C52H32N2OS/c1-4-15-33(16-5-1)36-29-37(34-17-6-2-7-18-34)31-38(30-36)44-32-45(54-52(53-44)35-19-8-3-9-20-35)41-28-27-40(50-42-21-10-12-24-46(42)55-51(41)50)39-23-14-26-48-49(39)43-22-11-13-25-47(43)56-48/h1-32H. The van der Waals surface area contributed by atoms with Crippen molar-refractivity contribution in [1.29, 1.82) is 0 Å². The van der Waals surface area contributed by atoms with Gasteiger partial charge in [-0.15, -0.1) is 11.3 Å². The summed E-state index contributed by atoms with van der Waals surface area (Å²) in [4.78, 5) is 10.6. The molecule has 3 nitrogen and oxygen atoms in total. The lowest BCUT2D eigenvalue weighted by molar-refractivity contribution is 0.670. The van der Waals surface area contributed by atoms with Crippen molar-refractivity contribution in [2.45, 2.75) is 0 Å². The average molecular weight is 733 g/mol. The SMILES string of the molecule is c1ccc(-c2cc(-c3ccccc3)cc(-c3cc(-c4ccc(-c5cccc6sc7ccccc7c56)c5c4oc4ccccc45)nc(-c4ccccc4)n3)c2)cc1. The third kappa shape index (κ3) is 5.50. The van der Waals surface area contributed by atoms with Crippen LogP contribution in [-0.4, -0.2) is 9.97 Å². The van der Waals surface area contributed by atoms with Gasteiger partial charge in [0, 0.05) is 47.6 Å². The van der Waals surface area contributed by atoms with E-state index in [2.05, 4.69) is 170 Å². The summed E-state index contributed by atoms with van der Waals surface area (Å²) in [6, 6.07) is 68.4. The van der Waals surface area contributed by atoms with Crippen LogP contribution >= 0.6 is 11.3 Å². The molecule has 0 spiro atoms. The van der Waals surface area contributed by atoms with Crippen LogP contribution < -0.4 is 0 Å². The first-order valence-corrected chi connectivity index (χ1v) is 19.6. The van der Waals surface area contributed by atoms with Gasteiger partial charge in [0.2, 0.25) is 0 Å². The number of furan rings is 1. The summed E-state index contributed by atoms with van der Waals surface area (Å²) in [6.45, 7) is 0. The van der Waals surface area contributed by atoms with E-state index in [0.29, 0.717) is 5.82 Å². The van der Waals surface area contributed by atoms with E-state index < -0.39 is 0 Å². The number of rotatable bonds is 6. The van der Waals surface area contributed by atoms with Gasteiger partial charge in [-0.2, -0.15) is 0 Å². The number of para-hydroxylation sites is 1. The molecule has 0 N–H and O–H groups in total. The molecule has 0 aliphatic heterocycles. The van der Waals surface area contributed by atoms with Crippen LogP contribution in [0.2, 0.25) is 0 Å². The Kier molecular flexibility index (Phi) is 7.68. The van der Waals surface area contributed by atoms with Gasteiger partial charge in [0.15, 0.2) is 5.82 Å². The molecule has 3 aromatic heterocycles. The molecule has 0 fully saturated rings. The minimum Gasteiger partial charge on any atom is -0.455 e. The Balaban J connectivity index is 1.17. The van der Waals surface area contributed by atoms with Crippen molar-refractivity contribution in [3.8, 4) is 67.3 Å². The highest BCUT2D eigenvalue weighted by Gasteiger charge is 2.22. The maximum Gasteiger partial charge on any atom is 0.160 e. The summed E-state index contributed by atoms with van der Waals surface area (Å²) in [5.41, 5.74) is 13.1. The third-order valence-electron chi connectivity index (χ3n) is 10.7. The van der Waals surface area contributed by atoms with Crippen LogP contribution in [0.5, 0.6) is 0 Å². The van der Waals surface area contributed by atoms with Gasteiger partial charge in [-0.3, -0.25) is 0 Å². The van der Waals surface area contributed by atoms with Gasteiger partial charge in [0.25, 0.3) is 0 Å². The van der Waals surface area contributed by atoms with Gasteiger partial charge >= 0.3 is 0 Å². The minimum atomic E-state index is 0.660. The second-order valence-corrected chi connectivity index (χ2v) is 15.2. The van der Waals surface area contributed by atoms with E-state index in [1.165, 1.54) is 25.7 Å². The normalized spacial score (nSPS) is 11.6. The molecule has 3 heterocycles. The Bertz CT molecular complexity index is 3180. The second kappa shape index (κ2) is 13.3. The largest absolute Gasteiger partial charge is 0.455 e. The van der Waals surface area contributed by atoms with E-state index in [1.54, 1.807) is 0 Å². The third-order valence-corrected chi connectivity index (χ3v) is 11.8. The molecular formula is C52H32N2OS. The van der Waals surface area contributed by atoms with E-state index in [4.69, 9.17) is 14.4 Å². The van der Waals surface area contributed by atoms with Gasteiger partial charge < -0.3 is 4.42 Å². The van der Waals surface area contributed by atoms with Crippen molar-refractivity contribution in [2.75, 3.05) is 0 Å². The van der Waals surface area contributed by atoms with Crippen LogP contribution in [0.1, 0.15) is 0 Å². The predicted octanol–water partition coefficient (Wildman–Crippen LogP) is 14.7. The lowest BCUT2D eigenvalue weighted by Gasteiger charge is -2.14. The van der Waals surface area contributed by atoms with Gasteiger partial charge in [-0.1, -0.05) is 146 Å². The zero-order valence-electron chi connectivity index (χ0n) is 30.2. The van der Waals surface area contributed by atoms with Crippen LogP contribution in [0, 0.1) is 0 Å². The fourth-order valence-corrected chi connectivity index (χ4v) is 9.21. The van der Waals surface area contributed by atoms with Crippen LogP contribution in [0.3, 0.4) is 0 Å². The molecule has 56 heavy (non-hydrogen) atoms. The van der Waals surface area contributed by atoms with Crippen molar-refractivity contribution in [2.24, 2.45) is 0 Å². The fraction of sp³-hybridized carbons (Fsp3) is 0. The summed E-state index contributed by atoms with van der Waals surface area (Å²) in [5, 5.41) is 4.71. The van der Waals surface area contributed by atoms with Crippen molar-refractivity contribution in [3.05, 3.63) is 194 Å². The first kappa shape index (κ1) is 32.3. The zero-order chi connectivity index (χ0) is 37.0. The molecule has 0 aliphatic rings. The lowest BCUT2D eigenvalue weighted by Crippen LogP contribution is -1.97. The average Bonchev–Trinajstić information content (AvgIpc) is 3.86. The highest BCUT2D eigenvalue weighted by molar-refractivity contribution is 7.25. The molecule has 0 amide bonds. The minimum absolute atomic E-state index is 0.660. The maximum absolute atomic E-state index is 6.87. The van der Waals surface area contributed by atoms with Gasteiger partial charge in [-0.05, 0) is 81.9 Å². The van der Waals surface area contributed by atoms with E-state index >= 15 is 0 Å². The molecule has 0 radical (unpaired) electrons. The molecule has 0 saturated heterocycles. The van der Waals surface area contributed by atoms with Crippen LogP contribution in [0.15, 0.2) is 199 Å². The molecule has 0 unspecified atom stereocenters. The molecule has 11 aromatic rings. The molecular weight excluding hydrogens is 701 g/mol. The summed E-state index contributed by atoms with van der Waals surface area (Å²) >= 11 is 1.84. The summed E-state index contributed by atoms with van der Waals surface area (Å²) in [5.74, 6) is 0.660. The van der Waals surface area contributed by atoms with Gasteiger partial charge in [0.1, 0.15) is 11.2 Å². The van der Waals surface area contributed by atoms with Crippen LogP contribution in [-0.2, 0) is 0 Å². The van der Waals surface area contributed by atoms with E-state index in [1.807, 2.05) is 35.6 Å². The smallest absolute Gasteiger partial charge is 0.160 e. The summed E-state index contributed by atoms with van der Waals surface area (Å²) in [7, 11) is 0. The van der Waals surface area contributed by atoms with Crippen LogP contribution in [0.4, 0.5) is 0 Å². The van der Waals surface area contributed by atoms with Gasteiger partial charge in [0.05, 0.1) is 11.4 Å². The van der Waals surface area contributed by atoms with Crippen LogP contribution in [0.25, 0.3) is 109 Å². The van der Waals surface area contributed by atoms with E-state index in [9.17, 15) is 0 Å². The number of thiophene rings is 1. The molecule has 262 valence electrons. The Morgan fingerprint density at radius 3 is 1.64 bits per heavy atom. The molecule has 0 atom stereocenters. The number of nitrogens with zero attached hydrogens (tertiary/aromatic N) is 2. The fourth-order valence-electron chi connectivity index (χ4n) is 8.07. The first-order chi connectivity index (χ1) is 27.7. The maximum atomic E-state index is 6.87. The highest BCUT2D eigenvalue weighted by Crippen LogP contribution is 2.46. The van der Waals surface area contributed by atoms with Gasteiger partial charge in [-0.25, -0.2) is 9.97 Å². The molecule has 11 rings (SSSR count). The van der Waals surface area contributed by atoms with E-state index in [-0.39, 0.29) is 0 Å². The number of fused-ring (bicyclic) bond motifs is 6. The molecule has 4 heteroatoms. The second-order valence-electron chi connectivity index (χ2n) is 14.1. The number of hydrogen-bond donors (Lipinski definition) is 0. The molecule has 0 aliphatic carbocycles. The van der Waals surface area contributed by atoms with E-state index in [0.717, 1.165) is 77.8 Å². The number of hydrogen-bond acceptors (Lipinski definition) is 4. The molecule has 0 saturated carbocycles. The summed E-state index contributed by atoms with van der Waals surface area (Å²) < 4.78 is 9.43. The monoisotopic (exact) mass is 732 g/mol. The number of aromatic nitrogens is 2.